The quantitative estimate of drug-likeness (QED) is 0.783. The second kappa shape index (κ2) is 9.45. The summed E-state index contributed by atoms with van der Waals surface area (Å²) in [4.78, 5) is 14.5. The minimum absolute atomic E-state index is 0.0231. The average molecular weight is 345 g/mol. The summed E-state index contributed by atoms with van der Waals surface area (Å²) >= 11 is 5.87. The number of halogens is 1. The van der Waals surface area contributed by atoms with E-state index in [1.54, 1.807) is 0 Å². The highest BCUT2D eigenvalue weighted by Gasteiger charge is 2.08. The molecule has 0 radical (unpaired) electrons. The van der Waals surface area contributed by atoms with E-state index in [0.717, 1.165) is 25.2 Å². The van der Waals surface area contributed by atoms with E-state index >= 15 is 0 Å². The zero-order valence-corrected chi connectivity index (χ0v) is 15.1. The predicted molar refractivity (Wildman–Crippen MR) is 100 cm³/mol. The number of benzene rings is 2. The van der Waals surface area contributed by atoms with Crippen molar-refractivity contribution in [3.8, 4) is 0 Å². The van der Waals surface area contributed by atoms with Gasteiger partial charge in [-0.25, -0.2) is 0 Å². The van der Waals surface area contributed by atoms with Crippen LogP contribution in [0.3, 0.4) is 0 Å². The third kappa shape index (κ3) is 5.66. The van der Waals surface area contributed by atoms with Crippen molar-refractivity contribution in [2.45, 2.75) is 33.4 Å². The number of amides is 1. The molecule has 0 aromatic heterocycles. The van der Waals surface area contributed by atoms with Gasteiger partial charge in [0, 0.05) is 18.1 Å². The van der Waals surface area contributed by atoms with E-state index < -0.39 is 0 Å². The first-order valence-electron chi connectivity index (χ1n) is 8.42. The van der Waals surface area contributed by atoms with Gasteiger partial charge < -0.3 is 5.32 Å². The molecule has 0 unspecified atom stereocenters. The maximum Gasteiger partial charge on any atom is 0.224 e. The molecule has 0 aliphatic carbocycles. The van der Waals surface area contributed by atoms with Gasteiger partial charge in [-0.2, -0.15) is 0 Å². The highest BCUT2D eigenvalue weighted by Crippen LogP contribution is 2.13. The molecule has 128 valence electrons. The Balaban J connectivity index is 1.93. The molecule has 1 amide bonds. The Bertz CT molecular complexity index is 651. The van der Waals surface area contributed by atoms with Gasteiger partial charge in [0.05, 0.1) is 6.42 Å². The van der Waals surface area contributed by atoms with Gasteiger partial charge in [-0.3, -0.25) is 9.69 Å². The van der Waals surface area contributed by atoms with E-state index in [4.69, 9.17) is 11.6 Å². The molecular weight excluding hydrogens is 320 g/mol. The summed E-state index contributed by atoms with van der Waals surface area (Å²) in [6.45, 7) is 7.85. The average Bonchev–Trinajstić information content (AvgIpc) is 2.60. The molecule has 3 nitrogen and oxygen atoms in total. The van der Waals surface area contributed by atoms with Crippen molar-refractivity contribution in [2.75, 3.05) is 13.1 Å². The second-order valence-corrected chi connectivity index (χ2v) is 6.25. The van der Waals surface area contributed by atoms with Crippen LogP contribution in [0.25, 0.3) is 0 Å². The fourth-order valence-electron chi connectivity index (χ4n) is 2.62. The highest BCUT2D eigenvalue weighted by molar-refractivity contribution is 6.30. The van der Waals surface area contributed by atoms with Crippen LogP contribution in [-0.2, 0) is 24.3 Å². The first kappa shape index (κ1) is 18.5. The van der Waals surface area contributed by atoms with Crippen molar-refractivity contribution >= 4 is 17.5 Å². The molecule has 0 saturated carbocycles. The van der Waals surface area contributed by atoms with Crippen molar-refractivity contribution in [1.82, 2.24) is 10.2 Å². The van der Waals surface area contributed by atoms with E-state index in [1.807, 2.05) is 30.3 Å². The standard InChI is InChI=1S/C20H25ClN2O/c1-3-23(4-2)15-18-8-6-5-7-17(18)14-22-20(24)13-16-9-11-19(21)12-10-16/h5-12H,3-4,13-15H2,1-2H3,(H,22,24). The largest absolute Gasteiger partial charge is 0.352 e. The Kier molecular flexibility index (Phi) is 7.29. The lowest BCUT2D eigenvalue weighted by atomic mass is 10.1. The van der Waals surface area contributed by atoms with Gasteiger partial charge in [0.1, 0.15) is 0 Å². The van der Waals surface area contributed by atoms with E-state index in [-0.39, 0.29) is 5.91 Å². The van der Waals surface area contributed by atoms with Crippen molar-refractivity contribution in [3.05, 3.63) is 70.2 Å². The Morgan fingerprint density at radius 3 is 2.25 bits per heavy atom. The molecule has 2 rings (SSSR count). The molecule has 0 spiro atoms. The van der Waals surface area contributed by atoms with Gasteiger partial charge >= 0.3 is 0 Å². The van der Waals surface area contributed by atoms with Crippen LogP contribution >= 0.6 is 11.6 Å². The topological polar surface area (TPSA) is 32.3 Å². The van der Waals surface area contributed by atoms with Crippen molar-refractivity contribution < 1.29 is 4.79 Å². The van der Waals surface area contributed by atoms with Crippen LogP contribution in [0.4, 0.5) is 0 Å². The zero-order valence-electron chi connectivity index (χ0n) is 14.4. The third-order valence-corrected chi connectivity index (χ3v) is 4.41. The predicted octanol–water partition coefficient (Wildman–Crippen LogP) is 4.04. The molecule has 0 aliphatic heterocycles. The molecule has 0 fully saturated rings. The van der Waals surface area contributed by atoms with Gasteiger partial charge in [0.25, 0.3) is 0 Å². The van der Waals surface area contributed by atoms with Crippen molar-refractivity contribution in [1.29, 1.82) is 0 Å². The Morgan fingerprint density at radius 2 is 1.62 bits per heavy atom. The Hall–Kier alpha value is -1.84. The van der Waals surface area contributed by atoms with E-state index in [0.29, 0.717) is 18.0 Å². The van der Waals surface area contributed by atoms with E-state index in [1.165, 1.54) is 11.1 Å². The first-order chi connectivity index (χ1) is 11.6. The van der Waals surface area contributed by atoms with Crippen LogP contribution in [0.5, 0.6) is 0 Å². The molecule has 4 heteroatoms. The maximum absolute atomic E-state index is 12.2. The fraction of sp³-hybridized carbons (Fsp3) is 0.350. The smallest absolute Gasteiger partial charge is 0.224 e. The van der Waals surface area contributed by atoms with Crippen LogP contribution in [-0.4, -0.2) is 23.9 Å². The SMILES string of the molecule is CCN(CC)Cc1ccccc1CNC(=O)Cc1ccc(Cl)cc1. The van der Waals surface area contributed by atoms with E-state index in [9.17, 15) is 4.79 Å². The molecule has 2 aromatic carbocycles. The molecule has 0 bridgehead atoms. The molecule has 2 aromatic rings. The van der Waals surface area contributed by atoms with Crippen LogP contribution in [0.15, 0.2) is 48.5 Å². The molecule has 1 N–H and O–H groups in total. The van der Waals surface area contributed by atoms with Crippen LogP contribution in [0.2, 0.25) is 5.02 Å². The monoisotopic (exact) mass is 344 g/mol. The summed E-state index contributed by atoms with van der Waals surface area (Å²) in [5.74, 6) is 0.0231. The lowest BCUT2D eigenvalue weighted by Gasteiger charge is -2.20. The lowest BCUT2D eigenvalue weighted by molar-refractivity contribution is -0.120. The molecule has 0 aliphatic rings. The second-order valence-electron chi connectivity index (χ2n) is 5.81. The molecule has 0 saturated heterocycles. The number of rotatable bonds is 8. The summed E-state index contributed by atoms with van der Waals surface area (Å²) in [5, 5.41) is 3.71. The number of carbonyl (C=O) groups is 1. The summed E-state index contributed by atoms with van der Waals surface area (Å²) in [5.41, 5.74) is 3.41. The molecule has 24 heavy (non-hydrogen) atoms. The number of hydrogen-bond donors (Lipinski definition) is 1. The van der Waals surface area contributed by atoms with Gasteiger partial charge in [0.2, 0.25) is 5.91 Å². The van der Waals surface area contributed by atoms with E-state index in [2.05, 4.69) is 42.3 Å². The summed E-state index contributed by atoms with van der Waals surface area (Å²) in [7, 11) is 0. The Morgan fingerprint density at radius 1 is 1.00 bits per heavy atom. The minimum Gasteiger partial charge on any atom is -0.352 e. The van der Waals surface area contributed by atoms with Crippen molar-refractivity contribution in [2.24, 2.45) is 0 Å². The van der Waals surface area contributed by atoms with Gasteiger partial charge in [0.15, 0.2) is 0 Å². The fourth-order valence-corrected chi connectivity index (χ4v) is 2.74. The van der Waals surface area contributed by atoms with Crippen LogP contribution in [0, 0.1) is 0 Å². The lowest BCUT2D eigenvalue weighted by Crippen LogP contribution is -2.27. The Labute approximate surface area is 149 Å². The molecule has 0 heterocycles. The van der Waals surface area contributed by atoms with Gasteiger partial charge in [-0.1, -0.05) is 61.8 Å². The summed E-state index contributed by atoms with van der Waals surface area (Å²) in [6.07, 6.45) is 0.370. The van der Waals surface area contributed by atoms with Crippen LogP contribution in [0.1, 0.15) is 30.5 Å². The number of carbonyl (C=O) groups excluding carboxylic acids is 1. The normalized spacial score (nSPS) is 10.8. The maximum atomic E-state index is 12.2. The molecular formula is C20H25ClN2O. The third-order valence-electron chi connectivity index (χ3n) is 4.16. The summed E-state index contributed by atoms with van der Waals surface area (Å²) < 4.78 is 0. The number of nitrogens with one attached hydrogen (secondary N) is 1. The summed E-state index contributed by atoms with van der Waals surface area (Å²) in [6, 6.07) is 15.7. The highest BCUT2D eigenvalue weighted by atomic mass is 35.5. The zero-order chi connectivity index (χ0) is 17.4. The molecule has 0 atom stereocenters. The number of hydrogen-bond acceptors (Lipinski definition) is 2. The minimum atomic E-state index is 0.0231. The van der Waals surface area contributed by atoms with Gasteiger partial charge in [-0.05, 0) is 41.9 Å². The first-order valence-corrected chi connectivity index (χ1v) is 8.80. The van der Waals surface area contributed by atoms with Gasteiger partial charge in [-0.15, -0.1) is 0 Å². The number of nitrogens with zero attached hydrogens (tertiary/aromatic N) is 1. The van der Waals surface area contributed by atoms with Crippen LogP contribution < -0.4 is 5.32 Å². The van der Waals surface area contributed by atoms with Crippen molar-refractivity contribution in [3.63, 3.8) is 0 Å².